The molecule has 26 heavy (non-hydrogen) atoms. The standard InChI is InChI=1S/C19H34N4O.2ClH/c1-3-16(4-2)23-11-10-19(13-20,14-23)22-18(24)17(21)12-15-8-6-5-7-9-15;;/h15-17H,3-12,14,21H2,1-2H3,(H,22,24);2*1H. The van der Waals surface area contributed by atoms with Crippen molar-refractivity contribution in [1.82, 2.24) is 10.2 Å². The minimum absolute atomic E-state index is 0. The fourth-order valence-electron chi connectivity index (χ4n) is 4.39. The van der Waals surface area contributed by atoms with Crippen LogP contribution in [0, 0.1) is 17.2 Å². The Balaban J connectivity index is 0.00000312. The average molecular weight is 407 g/mol. The number of nitrogens with two attached hydrogens (primary N) is 1. The van der Waals surface area contributed by atoms with Gasteiger partial charge in [-0.05, 0) is 31.6 Å². The van der Waals surface area contributed by atoms with Gasteiger partial charge in [0, 0.05) is 19.1 Å². The highest BCUT2D eigenvalue weighted by atomic mass is 35.5. The van der Waals surface area contributed by atoms with Crippen LogP contribution < -0.4 is 11.1 Å². The molecule has 1 amide bonds. The third kappa shape index (κ3) is 6.56. The van der Waals surface area contributed by atoms with Gasteiger partial charge in [0.15, 0.2) is 0 Å². The molecular formula is C19H36Cl2N4O. The zero-order valence-corrected chi connectivity index (χ0v) is 17.8. The number of amides is 1. The smallest absolute Gasteiger partial charge is 0.238 e. The Kier molecular flexibility index (Phi) is 11.8. The van der Waals surface area contributed by atoms with Crippen molar-refractivity contribution in [2.24, 2.45) is 11.7 Å². The van der Waals surface area contributed by atoms with Crippen molar-refractivity contribution in [2.75, 3.05) is 13.1 Å². The van der Waals surface area contributed by atoms with Crippen LogP contribution in [0.3, 0.4) is 0 Å². The summed E-state index contributed by atoms with van der Waals surface area (Å²) < 4.78 is 0. The molecule has 2 fully saturated rings. The van der Waals surface area contributed by atoms with E-state index in [-0.39, 0.29) is 30.7 Å². The number of halogens is 2. The van der Waals surface area contributed by atoms with Gasteiger partial charge in [-0.2, -0.15) is 5.26 Å². The molecule has 3 N–H and O–H groups in total. The molecule has 2 unspecified atom stereocenters. The van der Waals surface area contributed by atoms with E-state index in [1.807, 2.05) is 0 Å². The van der Waals surface area contributed by atoms with E-state index in [9.17, 15) is 10.1 Å². The molecule has 7 heteroatoms. The third-order valence-corrected chi connectivity index (χ3v) is 5.98. The Bertz CT molecular complexity index is 461. The number of carbonyl (C=O) groups is 1. The monoisotopic (exact) mass is 406 g/mol. The summed E-state index contributed by atoms with van der Waals surface area (Å²) in [6.45, 7) is 5.86. The molecular weight excluding hydrogens is 371 g/mol. The Labute approximate surface area is 171 Å². The molecule has 1 aliphatic carbocycles. The normalized spacial score (nSPS) is 25.0. The molecule has 0 spiro atoms. The maximum absolute atomic E-state index is 12.5. The van der Waals surface area contributed by atoms with Crippen LogP contribution in [-0.2, 0) is 4.79 Å². The predicted octanol–water partition coefficient (Wildman–Crippen LogP) is 3.40. The Morgan fingerprint density at radius 2 is 1.88 bits per heavy atom. The van der Waals surface area contributed by atoms with Gasteiger partial charge in [-0.1, -0.05) is 46.0 Å². The first kappa shape index (κ1) is 25.5. The highest BCUT2D eigenvalue weighted by molar-refractivity contribution is 5.85. The van der Waals surface area contributed by atoms with Gasteiger partial charge >= 0.3 is 0 Å². The fraction of sp³-hybridized carbons (Fsp3) is 0.895. The number of nitrogens with zero attached hydrogens (tertiary/aromatic N) is 2. The van der Waals surface area contributed by atoms with Crippen LogP contribution in [-0.4, -0.2) is 41.5 Å². The molecule has 0 aromatic rings. The third-order valence-electron chi connectivity index (χ3n) is 5.98. The molecule has 152 valence electrons. The first-order chi connectivity index (χ1) is 11.5. The van der Waals surface area contributed by atoms with E-state index in [0.29, 0.717) is 24.9 Å². The van der Waals surface area contributed by atoms with Crippen LogP contribution in [0.2, 0.25) is 0 Å². The Hall–Kier alpha value is -0.540. The van der Waals surface area contributed by atoms with E-state index in [1.165, 1.54) is 32.1 Å². The average Bonchev–Trinajstić information content (AvgIpc) is 3.01. The van der Waals surface area contributed by atoms with Gasteiger partial charge in [0.1, 0.15) is 5.54 Å². The summed E-state index contributed by atoms with van der Waals surface area (Å²) in [4.78, 5) is 14.9. The van der Waals surface area contributed by atoms with Gasteiger partial charge in [0.2, 0.25) is 5.91 Å². The Morgan fingerprint density at radius 1 is 1.27 bits per heavy atom. The zero-order chi connectivity index (χ0) is 17.6. The van der Waals surface area contributed by atoms with Crippen molar-refractivity contribution in [3.8, 4) is 6.07 Å². The largest absolute Gasteiger partial charge is 0.335 e. The van der Waals surface area contributed by atoms with Gasteiger partial charge in [0.25, 0.3) is 0 Å². The van der Waals surface area contributed by atoms with Crippen molar-refractivity contribution in [3.63, 3.8) is 0 Å². The maximum Gasteiger partial charge on any atom is 0.238 e. The van der Waals surface area contributed by atoms with E-state index in [4.69, 9.17) is 5.73 Å². The first-order valence-electron chi connectivity index (χ1n) is 9.76. The lowest BCUT2D eigenvalue weighted by Crippen LogP contribution is -2.55. The van der Waals surface area contributed by atoms with Crippen molar-refractivity contribution in [2.45, 2.75) is 89.3 Å². The molecule has 1 saturated carbocycles. The molecule has 1 heterocycles. The topological polar surface area (TPSA) is 82.2 Å². The summed E-state index contributed by atoms with van der Waals surface area (Å²) in [5.74, 6) is 0.427. The lowest BCUT2D eigenvalue weighted by molar-refractivity contribution is -0.124. The van der Waals surface area contributed by atoms with Crippen LogP contribution >= 0.6 is 24.8 Å². The molecule has 0 aromatic heterocycles. The second-order valence-electron chi connectivity index (χ2n) is 7.72. The van der Waals surface area contributed by atoms with Crippen molar-refractivity contribution < 1.29 is 4.79 Å². The van der Waals surface area contributed by atoms with Gasteiger partial charge in [-0.3, -0.25) is 9.69 Å². The molecule has 0 bridgehead atoms. The fourth-order valence-corrected chi connectivity index (χ4v) is 4.39. The number of hydrogen-bond acceptors (Lipinski definition) is 4. The van der Waals surface area contributed by atoms with Crippen LogP contribution in [0.25, 0.3) is 0 Å². The van der Waals surface area contributed by atoms with Crippen molar-refractivity contribution >= 4 is 30.7 Å². The molecule has 2 rings (SSSR count). The first-order valence-corrected chi connectivity index (χ1v) is 9.76. The summed E-state index contributed by atoms with van der Waals surface area (Å²) in [7, 11) is 0. The highest BCUT2D eigenvalue weighted by Gasteiger charge is 2.42. The minimum atomic E-state index is -0.760. The highest BCUT2D eigenvalue weighted by Crippen LogP contribution is 2.28. The second kappa shape index (κ2) is 12.0. The number of hydrogen-bond donors (Lipinski definition) is 2. The lowest BCUT2D eigenvalue weighted by atomic mass is 9.84. The quantitative estimate of drug-likeness (QED) is 0.678. The molecule has 2 aliphatic rings. The molecule has 5 nitrogen and oxygen atoms in total. The van der Waals surface area contributed by atoms with E-state index in [2.05, 4.69) is 30.1 Å². The van der Waals surface area contributed by atoms with Gasteiger partial charge in [-0.15, -0.1) is 24.8 Å². The Morgan fingerprint density at radius 3 is 2.42 bits per heavy atom. The van der Waals surface area contributed by atoms with E-state index < -0.39 is 11.6 Å². The molecule has 1 saturated heterocycles. The number of nitrogens with one attached hydrogen (secondary N) is 1. The predicted molar refractivity (Wildman–Crippen MR) is 111 cm³/mol. The number of likely N-dealkylation sites (tertiary alicyclic amines) is 1. The van der Waals surface area contributed by atoms with E-state index >= 15 is 0 Å². The minimum Gasteiger partial charge on any atom is -0.335 e. The summed E-state index contributed by atoms with van der Waals surface area (Å²) >= 11 is 0. The summed E-state index contributed by atoms with van der Waals surface area (Å²) in [5, 5.41) is 12.7. The number of rotatable bonds is 7. The van der Waals surface area contributed by atoms with Crippen molar-refractivity contribution in [1.29, 1.82) is 5.26 Å². The van der Waals surface area contributed by atoms with Crippen LogP contribution in [0.15, 0.2) is 0 Å². The van der Waals surface area contributed by atoms with Gasteiger partial charge in [0.05, 0.1) is 12.1 Å². The molecule has 1 aliphatic heterocycles. The van der Waals surface area contributed by atoms with E-state index in [0.717, 1.165) is 25.8 Å². The zero-order valence-electron chi connectivity index (χ0n) is 16.2. The van der Waals surface area contributed by atoms with E-state index in [1.54, 1.807) is 0 Å². The lowest BCUT2D eigenvalue weighted by Gasteiger charge is -2.29. The van der Waals surface area contributed by atoms with Crippen LogP contribution in [0.1, 0.15) is 71.6 Å². The SMILES string of the molecule is CCC(CC)N1CCC(C#N)(NC(=O)C(N)CC2CCCCC2)C1.Cl.Cl. The second-order valence-corrected chi connectivity index (χ2v) is 7.72. The number of carbonyl (C=O) groups excluding carboxylic acids is 1. The molecule has 0 aromatic carbocycles. The maximum atomic E-state index is 12.5. The van der Waals surface area contributed by atoms with Crippen LogP contribution in [0.4, 0.5) is 0 Å². The summed E-state index contributed by atoms with van der Waals surface area (Å²) in [6.07, 6.45) is 9.80. The summed E-state index contributed by atoms with van der Waals surface area (Å²) in [6, 6.07) is 2.38. The van der Waals surface area contributed by atoms with Gasteiger partial charge in [-0.25, -0.2) is 0 Å². The van der Waals surface area contributed by atoms with Crippen LogP contribution in [0.5, 0.6) is 0 Å². The molecule has 0 radical (unpaired) electrons. The molecule has 2 atom stereocenters. The summed E-state index contributed by atoms with van der Waals surface area (Å²) in [5.41, 5.74) is 5.39. The van der Waals surface area contributed by atoms with Gasteiger partial charge < -0.3 is 11.1 Å². The number of nitriles is 1. The van der Waals surface area contributed by atoms with Crippen molar-refractivity contribution in [3.05, 3.63) is 0 Å².